The third-order valence-electron chi connectivity index (χ3n) is 1.30. The van der Waals surface area contributed by atoms with Crippen molar-refractivity contribution in [3.05, 3.63) is 0 Å². The monoisotopic (exact) mass is 242 g/mol. The minimum absolute atomic E-state index is 0.332. The second kappa shape index (κ2) is 6.92. The Bertz CT molecular complexity index is 119. The molecule has 0 aromatic heterocycles. The fourth-order valence-corrected chi connectivity index (χ4v) is 1.30. The number of carbonyl (C=O) groups is 1. The Morgan fingerprint density at radius 1 is 1.64 bits per heavy atom. The second-order valence-corrected chi connectivity index (χ2v) is 3.50. The molecule has 0 N–H and O–H groups in total. The van der Waals surface area contributed by atoms with E-state index in [4.69, 9.17) is 11.6 Å². The predicted octanol–water partition coefficient (Wildman–Crippen LogP) is 2.33. The van der Waals surface area contributed by atoms with Gasteiger partial charge in [0, 0.05) is 5.33 Å². The number of carbonyl (C=O) groups excluding carboxylic acids is 1. The quantitative estimate of drug-likeness (QED) is 0.421. The topological polar surface area (TPSA) is 26.3 Å². The van der Waals surface area contributed by atoms with Crippen LogP contribution in [0.25, 0.3) is 0 Å². The molecule has 0 saturated carbocycles. The molecule has 0 rings (SSSR count). The Kier molecular flexibility index (Phi) is 7.07. The zero-order valence-electron chi connectivity index (χ0n) is 6.48. The van der Waals surface area contributed by atoms with Crippen LogP contribution in [0, 0.1) is 0 Å². The van der Waals surface area contributed by atoms with Gasteiger partial charge in [-0.05, 0) is 12.8 Å². The summed E-state index contributed by atoms with van der Waals surface area (Å²) >= 11 is 8.97. The molecule has 66 valence electrons. The Labute approximate surface area is 80.4 Å². The van der Waals surface area contributed by atoms with Crippen molar-refractivity contribution in [3.8, 4) is 0 Å². The van der Waals surface area contributed by atoms with Gasteiger partial charge in [0.05, 0.1) is 7.11 Å². The average Bonchev–Trinajstić information content (AvgIpc) is 2.03. The molecule has 4 heteroatoms. The first-order chi connectivity index (χ1) is 5.22. The first-order valence-electron chi connectivity index (χ1n) is 3.50. The van der Waals surface area contributed by atoms with Crippen LogP contribution in [0.1, 0.15) is 19.3 Å². The van der Waals surface area contributed by atoms with Gasteiger partial charge in [0.2, 0.25) is 0 Å². The summed E-state index contributed by atoms with van der Waals surface area (Å²) in [6.45, 7) is 0. The molecule has 0 heterocycles. The molecule has 0 radical (unpaired) electrons. The fraction of sp³-hybridized carbons (Fsp3) is 0.857. The van der Waals surface area contributed by atoms with Crippen LogP contribution in [0.4, 0.5) is 0 Å². The lowest BCUT2D eigenvalue weighted by Crippen LogP contribution is -2.15. The molecule has 11 heavy (non-hydrogen) atoms. The van der Waals surface area contributed by atoms with Gasteiger partial charge in [-0.3, -0.25) is 4.79 Å². The number of ether oxygens (including phenoxy) is 1. The minimum Gasteiger partial charge on any atom is -0.468 e. The summed E-state index contributed by atoms with van der Waals surface area (Å²) in [5, 5.41) is 0.483. The first kappa shape index (κ1) is 11.2. The minimum atomic E-state index is -0.473. The fourth-order valence-electron chi connectivity index (χ4n) is 0.664. The van der Waals surface area contributed by atoms with Crippen molar-refractivity contribution in [1.82, 2.24) is 0 Å². The number of rotatable bonds is 5. The van der Waals surface area contributed by atoms with Gasteiger partial charge in [-0.15, -0.1) is 11.6 Å². The summed E-state index contributed by atoms with van der Waals surface area (Å²) in [6, 6.07) is 0. The van der Waals surface area contributed by atoms with Crippen LogP contribution in [0.2, 0.25) is 0 Å². The van der Waals surface area contributed by atoms with Crippen LogP contribution in [-0.2, 0) is 9.53 Å². The van der Waals surface area contributed by atoms with Crippen molar-refractivity contribution < 1.29 is 9.53 Å². The SMILES string of the molecule is COC(=O)C(Cl)CCCCBr. The third kappa shape index (κ3) is 5.50. The molecule has 1 unspecified atom stereocenters. The number of methoxy groups -OCH3 is 1. The summed E-state index contributed by atoms with van der Waals surface area (Å²) in [5.74, 6) is -0.332. The lowest BCUT2D eigenvalue weighted by molar-refractivity contribution is -0.140. The average molecular weight is 244 g/mol. The highest BCUT2D eigenvalue weighted by atomic mass is 79.9. The molecule has 1 atom stereocenters. The Balaban J connectivity index is 3.36. The Morgan fingerprint density at radius 2 is 2.27 bits per heavy atom. The van der Waals surface area contributed by atoms with E-state index < -0.39 is 5.38 Å². The summed E-state index contributed by atoms with van der Waals surface area (Å²) < 4.78 is 4.46. The highest BCUT2D eigenvalue weighted by Gasteiger charge is 2.13. The van der Waals surface area contributed by atoms with Crippen molar-refractivity contribution in [2.75, 3.05) is 12.4 Å². The lowest BCUT2D eigenvalue weighted by atomic mass is 10.2. The summed E-state index contributed by atoms with van der Waals surface area (Å²) in [5.41, 5.74) is 0. The Morgan fingerprint density at radius 3 is 2.73 bits per heavy atom. The molecule has 0 spiro atoms. The van der Waals surface area contributed by atoms with E-state index in [1.54, 1.807) is 0 Å². The predicted molar refractivity (Wildman–Crippen MR) is 49.3 cm³/mol. The molecule has 0 aliphatic carbocycles. The standard InChI is InChI=1S/C7H12BrClO2/c1-11-7(10)6(9)4-2-3-5-8/h6H,2-5H2,1H3. The van der Waals surface area contributed by atoms with Crippen molar-refractivity contribution in [2.24, 2.45) is 0 Å². The zero-order chi connectivity index (χ0) is 8.69. The van der Waals surface area contributed by atoms with Crippen LogP contribution >= 0.6 is 27.5 Å². The maximum absolute atomic E-state index is 10.7. The molecular formula is C7H12BrClO2. The van der Waals surface area contributed by atoms with Crippen molar-refractivity contribution in [3.63, 3.8) is 0 Å². The van der Waals surface area contributed by atoms with E-state index in [1.807, 2.05) is 0 Å². The van der Waals surface area contributed by atoms with Crippen molar-refractivity contribution in [2.45, 2.75) is 24.6 Å². The molecule has 0 aromatic carbocycles. The highest BCUT2D eigenvalue weighted by molar-refractivity contribution is 9.09. The van der Waals surface area contributed by atoms with Gasteiger partial charge < -0.3 is 4.74 Å². The molecule has 0 fully saturated rings. The highest BCUT2D eigenvalue weighted by Crippen LogP contribution is 2.09. The number of hydrogen-bond acceptors (Lipinski definition) is 2. The number of alkyl halides is 2. The summed E-state index contributed by atoms with van der Waals surface area (Å²) in [6.07, 6.45) is 2.69. The van der Waals surface area contributed by atoms with E-state index in [2.05, 4.69) is 20.7 Å². The van der Waals surface area contributed by atoms with Gasteiger partial charge in [-0.25, -0.2) is 0 Å². The largest absolute Gasteiger partial charge is 0.468 e. The lowest BCUT2D eigenvalue weighted by Gasteiger charge is -2.04. The van der Waals surface area contributed by atoms with E-state index in [0.29, 0.717) is 6.42 Å². The number of esters is 1. The maximum atomic E-state index is 10.7. The number of halogens is 2. The molecule has 0 amide bonds. The van der Waals surface area contributed by atoms with Crippen molar-refractivity contribution >= 4 is 33.5 Å². The molecule has 0 aliphatic heterocycles. The first-order valence-corrected chi connectivity index (χ1v) is 5.06. The van der Waals surface area contributed by atoms with Gasteiger partial charge in [0.25, 0.3) is 0 Å². The molecule has 2 nitrogen and oxygen atoms in total. The molecule has 0 saturated heterocycles. The molecule has 0 bridgehead atoms. The van der Waals surface area contributed by atoms with E-state index in [9.17, 15) is 4.79 Å². The van der Waals surface area contributed by atoms with Crippen LogP contribution in [-0.4, -0.2) is 23.8 Å². The normalized spacial score (nSPS) is 12.6. The zero-order valence-corrected chi connectivity index (χ0v) is 8.82. The summed E-state index contributed by atoms with van der Waals surface area (Å²) in [4.78, 5) is 10.7. The van der Waals surface area contributed by atoms with Crippen LogP contribution in [0.15, 0.2) is 0 Å². The van der Waals surface area contributed by atoms with E-state index in [1.165, 1.54) is 7.11 Å². The number of hydrogen-bond donors (Lipinski definition) is 0. The van der Waals surface area contributed by atoms with Gasteiger partial charge in [-0.2, -0.15) is 0 Å². The van der Waals surface area contributed by atoms with Gasteiger partial charge >= 0.3 is 5.97 Å². The molecule has 0 aromatic rings. The maximum Gasteiger partial charge on any atom is 0.323 e. The van der Waals surface area contributed by atoms with Gasteiger partial charge in [-0.1, -0.05) is 22.4 Å². The second-order valence-electron chi connectivity index (χ2n) is 2.18. The third-order valence-corrected chi connectivity index (χ3v) is 2.26. The van der Waals surface area contributed by atoms with E-state index >= 15 is 0 Å². The van der Waals surface area contributed by atoms with Gasteiger partial charge in [0.15, 0.2) is 0 Å². The van der Waals surface area contributed by atoms with E-state index in [0.717, 1.165) is 18.2 Å². The Hall–Kier alpha value is 0.240. The van der Waals surface area contributed by atoms with Crippen LogP contribution in [0.3, 0.4) is 0 Å². The molecular weight excluding hydrogens is 231 g/mol. The smallest absolute Gasteiger partial charge is 0.323 e. The summed E-state index contributed by atoms with van der Waals surface area (Å²) in [7, 11) is 1.35. The number of unbranched alkanes of at least 4 members (excludes halogenated alkanes) is 1. The van der Waals surface area contributed by atoms with Gasteiger partial charge in [0.1, 0.15) is 5.38 Å². The van der Waals surface area contributed by atoms with Crippen LogP contribution < -0.4 is 0 Å². The van der Waals surface area contributed by atoms with E-state index in [-0.39, 0.29) is 5.97 Å². The molecule has 0 aliphatic rings. The van der Waals surface area contributed by atoms with Crippen LogP contribution in [0.5, 0.6) is 0 Å². The van der Waals surface area contributed by atoms with Crippen molar-refractivity contribution in [1.29, 1.82) is 0 Å².